The highest BCUT2D eigenvalue weighted by Gasteiger charge is 2.22. The standard InChI is InChI=1S/C22H23N3O2S2/c1-27-16-11-9-15(10-12-16)25-21(26)19-17-7-3-2-4-8-18(17)29-20(19)24-22(25)28-14-6-5-13-23/h9-12H,2-8,14H2,1H3. The molecule has 2 heterocycles. The topological polar surface area (TPSA) is 67.9 Å². The number of fused-ring (bicyclic) bond motifs is 3. The van der Waals surface area contributed by atoms with Crippen molar-refractivity contribution in [1.82, 2.24) is 9.55 Å². The first-order valence-corrected chi connectivity index (χ1v) is 11.7. The predicted molar refractivity (Wildman–Crippen MR) is 119 cm³/mol. The summed E-state index contributed by atoms with van der Waals surface area (Å²) in [5.74, 6) is 1.51. The molecule has 150 valence electrons. The molecule has 0 amide bonds. The highest BCUT2D eigenvalue weighted by molar-refractivity contribution is 7.99. The van der Waals surface area contributed by atoms with Crippen LogP contribution in [0.4, 0.5) is 0 Å². The molecule has 0 atom stereocenters. The van der Waals surface area contributed by atoms with Crippen LogP contribution in [-0.4, -0.2) is 22.4 Å². The molecular weight excluding hydrogens is 402 g/mol. The molecule has 0 fully saturated rings. The van der Waals surface area contributed by atoms with Crippen LogP contribution in [0.2, 0.25) is 0 Å². The van der Waals surface area contributed by atoms with E-state index in [0.29, 0.717) is 11.6 Å². The molecular formula is C22H23N3O2S2. The third-order valence-corrected chi connectivity index (χ3v) is 7.41. The smallest absolute Gasteiger partial charge is 0.267 e. The summed E-state index contributed by atoms with van der Waals surface area (Å²) in [4.78, 5) is 20.8. The molecule has 0 unspecified atom stereocenters. The van der Waals surface area contributed by atoms with Gasteiger partial charge in [-0.3, -0.25) is 9.36 Å². The Balaban J connectivity index is 1.86. The van der Waals surface area contributed by atoms with Gasteiger partial charge in [0.25, 0.3) is 5.56 Å². The molecule has 29 heavy (non-hydrogen) atoms. The van der Waals surface area contributed by atoms with Gasteiger partial charge in [-0.1, -0.05) is 18.2 Å². The number of ether oxygens (including phenoxy) is 1. The van der Waals surface area contributed by atoms with Crippen LogP contribution in [0.15, 0.2) is 34.2 Å². The molecule has 0 spiro atoms. The Bertz CT molecular complexity index is 1110. The van der Waals surface area contributed by atoms with Crippen LogP contribution >= 0.6 is 23.1 Å². The summed E-state index contributed by atoms with van der Waals surface area (Å²) in [5, 5.41) is 10.3. The van der Waals surface area contributed by atoms with Crippen molar-refractivity contribution >= 4 is 33.3 Å². The quantitative estimate of drug-likeness (QED) is 0.237. The molecule has 0 N–H and O–H groups in total. The van der Waals surface area contributed by atoms with Crippen LogP contribution in [0, 0.1) is 11.3 Å². The fourth-order valence-electron chi connectivity index (χ4n) is 3.73. The van der Waals surface area contributed by atoms with Gasteiger partial charge in [0.2, 0.25) is 0 Å². The lowest BCUT2D eigenvalue weighted by Gasteiger charge is -2.13. The number of nitrogens with zero attached hydrogens (tertiary/aromatic N) is 3. The van der Waals surface area contributed by atoms with Crippen molar-refractivity contribution < 1.29 is 4.74 Å². The number of benzene rings is 1. The van der Waals surface area contributed by atoms with E-state index in [9.17, 15) is 4.79 Å². The van der Waals surface area contributed by atoms with Gasteiger partial charge in [-0.05, 0) is 61.9 Å². The minimum Gasteiger partial charge on any atom is -0.497 e. The first-order chi connectivity index (χ1) is 14.2. The monoisotopic (exact) mass is 425 g/mol. The Kier molecular flexibility index (Phi) is 6.22. The van der Waals surface area contributed by atoms with E-state index in [2.05, 4.69) is 6.07 Å². The van der Waals surface area contributed by atoms with Gasteiger partial charge in [-0.25, -0.2) is 4.98 Å². The number of unbranched alkanes of at least 4 members (excludes halogenated alkanes) is 1. The normalized spacial score (nSPS) is 13.7. The van der Waals surface area contributed by atoms with Crippen molar-refractivity contribution in [3.05, 3.63) is 45.1 Å². The lowest BCUT2D eigenvalue weighted by molar-refractivity contribution is 0.414. The maximum absolute atomic E-state index is 13.7. The van der Waals surface area contributed by atoms with Crippen LogP contribution in [0.1, 0.15) is 42.5 Å². The summed E-state index contributed by atoms with van der Waals surface area (Å²) in [5.41, 5.74) is 2.02. The second-order valence-electron chi connectivity index (χ2n) is 7.09. The molecule has 0 saturated carbocycles. The lowest BCUT2D eigenvalue weighted by Crippen LogP contribution is -2.22. The molecule has 4 rings (SSSR count). The molecule has 0 aliphatic heterocycles. The SMILES string of the molecule is COc1ccc(-n2c(SCCCC#N)nc3sc4c(c3c2=O)CCCCC4)cc1. The number of aromatic nitrogens is 2. The number of thiophene rings is 1. The van der Waals surface area contributed by atoms with Crippen molar-refractivity contribution in [1.29, 1.82) is 5.26 Å². The van der Waals surface area contributed by atoms with E-state index < -0.39 is 0 Å². The van der Waals surface area contributed by atoms with E-state index in [1.807, 2.05) is 24.3 Å². The van der Waals surface area contributed by atoms with Gasteiger partial charge in [0.15, 0.2) is 5.16 Å². The number of rotatable bonds is 6. The predicted octanol–water partition coefficient (Wildman–Crippen LogP) is 5.12. The van der Waals surface area contributed by atoms with E-state index in [0.717, 1.165) is 53.1 Å². The summed E-state index contributed by atoms with van der Waals surface area (Å²) in [6.07, 6.45) is 6.82. The molecule has 0 radical (unpaired) electrons. The molecule has 5 nitrogen and oxygen atoms in total. The number of thioether (sulfide) groups is 1. The third-order valence-electron chi connectivity index (χ3n) is 5.20. The van der Waals surface area contributed by atoms with Crippen molar-refractivity contribution in [2.24, 2.45) is 0 Å². The Labute approximate surface area is 178 Å². The van der Waals surface area contributed by atoms with E-state index in [-0.39, 0.29) is 5.56 Å². The zero-order valence-corrected chi connectivity index (χ0v) is 18.1. The van der Waals surface area contributed by atoms with E-state index in [4.69, 9.17) is 15.0 Å². The van der Waals surface area contributed by atoms with E-state index in [1.54, 1.807) is 34.8 Å². The summed E-state index contributed by atoms with van der Waals surface area (Å²) in [7, 11) is 1.63. The van der Waals surface area contributed by atoms with Gasteiger partial charge in [0, 0.05) is 17.1 Å². The first-order valence-electron chi connectivity index (χ1n) is 9.94. The first kappa shape index (κ1) is 20.0. The van der Waals surface area contributed by atoms with E-state index in [1.165, 1.54) is 23.3 Å². The van der Waals surface area contributed by atoms with Gasteiger partial charge in [-0.2, -0.15) is 5.26 Å². The van der Waals surface area contributed by atoms with Gasteiger partial charge < -0.3 is 4.74 Å². The minimum atomic E-state index is 0.0161. The number of nitriles is 1. The molecule has 0 bridgehead atoms. The van der Waals surface area contributed by atoms with Crippen LogP contribution in [-0.2, 0) is 12.8 Å². The molecule has 0 saturated heterocycles. The zero-order chi connectivity index (χ0) is 20.2. The molecule has 3 aromatic rings. The van der Waals surface area contributed by atoms with Gasteiger partial charge in [0.1, 0.15) is 10.6 Å². The Morgan fingerprint density at radius 2 is 2.03 bits per heavy atom. The fraction of sp³-hybridized carbons (Fsp3) is 0.409. The summed E-state index contributed by atoms with van der Waals surface area (Å²) in [6.45, 7) is 0. The summed E-state index contributed by atoms with van der Waals surface area (Å²) in [6, 6.07) is 9.71. The average Bonchev–Trinajstić information content (AvgIpc) is 2.93. The molecule has 1 aliphatic carbocycles. The lowest BCUT2D eigenvalue weighted by atomic mass is 10.1. The Morgan fingerprint density at radius 3 is 2.79 bits per heavy atom. The highest BCUT2D eigenvalue weighted by atomic mass is 32.2. The number of aryl methyl sites for hydroxylation is 2. The zero-order valence-electron chi connectivity index (χ0n) is 16.4. The van der Waals surface area contributed by atoms with Gasteiger partial charge in [0.05, 0.1) is 24.3 Å². The molecule has 2 aromatic heterocycles. The third kappa shape index (κ3) is 4.05. The molecule has 1 aliphatic rings. The average molecular weight is 426 g/mol. The minimum absolute atomic E-state index is 0.0161. The maximum atomic E-state index is 13.7. The van der Waals surface area contributed by atoms with Crippen LogP contribution in [0.25, 0.3) is 15.9 Å². The number of hydrogen-bond donors (Lipinski definition) is 0. The van der Waals surface area contributed by atoms with Crippen LogP contribution < -0.4 is 10.3 Å². The van der Waals surface area contributed by atoms with E-state index >= 15 is 0 Å². The summed E-state index contributed by atoms with van der Waals surface area (Å²) < 4.78 is 7.00. The van der Waals surface area contributed by atoms with Gasteiger partial charge >= 0.3 is 0 Å². The maximum Gasteiger partial charge on any atom is 0.267 e. The Hall–Kier alpha value is -2.30. The largest absolute Gasteiger partial charge is 0.497 e. The van der Waals surface area contributed by atoms with Gasteiger partial charge in [-0.15, -0.1) is 11.3 Å². The molecule has 1 aromatic carbocycles. The number of methoxy groups -OCH3 is 1. The van der Waals surface area contributed by atoms with Crippen molar-refractivity contribution in [2.75, 3.05) is 12.9 Å². The van der Waals surface area contributed by atoms with Crippen molar-refractivity contribution in [3.63, 3.8) is 0 Å². The second kappa shape index (κ2) is 9.02. The second-order valence-corrected chi connectivity index (χ2v) is 9.23. The summed E-state index contributed by atoms with van der Waals surface area (Å²) >= 11 is 3.23. The Morgan fingerprint density at radius 1 is 1.24 bits per heavy atom. The van der Waals surface area contributed by atoms with Crippen LogP contribution in [0.3, 0.4) is 0 Å². The number of hydrogen-bond acceptors (Lipinski definition) is 6. The van der Waals surface area contributed by atoms with Crippen LogP contribution in [0.5, 0.6) is 5.75 Å². The molecule has 7 heteroatoms. The van der Waals surface area contributed by atoms with Crippen molar-refractivity contribution in [2.45, 2.75) is 50.1 Å². The fourth-order valence-corrected chi connectivity index (χ4v) is 5.99. The van der Waals surface area contributed by atoms with Crippen molar-refractivity contribution in [3.8, 4) is 17.5 Å². The highest BCUT2D eigenvalue weighted by Crippen LogP contribution is 2.34.